The lowest BCUT2D eigenvalue weighted by Crippen LogP contribution is -2.28. The fourth-order valence-electron chi connectivity index (χ4n) is 1.42. The third-order valence-electron chi connectivity index (χ3n) is 2.35. The van der Waals surface area contributed by atoms with Gasteiger partial charge in [0, 0.05) is 18.0 Å². The second-order valence-electron chi connectivity index (χ2n) is 3.92. The summed E-state index contributed by atoms with van der Waals surface area (Å²) < 4.78 is 4.79. The number of benzene rings is 1. The van der Waals surface area contributed by atoms with Crippen molar-refractivity contribution in [3.8, 4) is 0 Å². The SMILES string of the molecule is O=C(O)COCCNC(=O)CCc1ccc(Cl)cc1. The van der Waals surface area contributed by atoms with Crippen molar-refractivity contribution < 1.29 is 19.4 Å². The topological polar surface area (TPSA) is 75.6 Å². The van der Waals surface area contributed by atoms with Crippen LogP contribution in [0.4, 0.5) is 0 Å². The number of rotatable bonds is 8. The molecular formula is C13H16ClNO4. The molecule has 0 saturated carbocycles. The molecule has 19 heavy (non-hydrogen) atoms. The highest BCUT2D eigenvalue weighted by atomic mass is 35.5. The first-order chi connectivity index (χ1) is 9.08. The lowest BCUT2D eigenvalue weighted by molar-refractivity contribution is -0.142. The van der Waals surface area contributed by atoms with E-state index in [4.69, 9.17) is 21.4 Å². The third-order valence-corrected chi connectivity index (χ3v) is 2.60. The molecule has 2 N–H and O–H groups in total. The van der Waals surface area contributed by atoms with Crippen LogP contribution in [0.15, 0.2) is 24.3 Å². The molecule has 1 aromatic carbocycles. The van der Waals surface area contributed by atoms with Crippen molar-refractivity contribution in [1.29, 1.82) is 0 Å². The number of carboxylic acids is 1. The van der Waals surface area contributed by atoms with E-state index in [1.807, 2.05) is 12.1 Å². The zero-order valence-electron chi connectivity index (χ0n) is 10.4. The van der Waals surface area contributed by atoms with E-state index in [2.05, 4.69) is 5.32 Å². The minimum Gasteiger partial charge on any atom is -0.480 e. The van der Waals surface area contributed by atoms with Crippen LogP contribution < -0.4 is 5.32 Å². The van der Waals surface area contributed by atoms with Gasteiger partial charge in [-0.2, -0.15) is 0 Å². The summed E-state index contributed by atoms with van der Waals surface area (Å²) in [5.41, 5.74) is 1.04. The molecule has 0 heterocycles. The molecule has 0 unspecified atom stereocenters. The first kappa shape index (κ1) is 15.5. The molecule has 5 nitrogen and oxygen atoms in total. The molecule has 0 spiro atoms. The van der Waals surface area contributed by atoms with E-state index in [1.54, 1.807) is 12.1 Å². The lowest BCUT2D eigenvalue weighted by atomic mass is 10.1. The summed E-state index contributed by atoms with van der Waals surface area (Å²) in [5, 5.41) is 11.7. The number of aliphatic carboxylic acids is 1. The monoisotopic (exact) mass is 285 g/mol. The van der Waals surface area contributed by atoms with Gasteiger partial charge in [0.15, 0.2) is 0 Å². The van der Waals surface area contributed by atoms with Crippen LogP contribution in [0.5, 0.6) is 0 Å². The van der Waals surface area contributed by atoms with Crippen LogP contribution in [0.3, 0.4) is 0 Å². The van der Waals surface area contributed by atoms with Crippen molar-refractivity contribution in [2.75, 3.05) is 19.8 Å². The Labute approximate surface area is 116 Å². The van der Waals surface area contributed by atoms with Gasteiger partial charge >= 0.3 is 5.97 Å². The second kappa shape index (κ2) is 8.50. The zero-order chi connectivity index (χ0) is 14.1. The maximum atomic E-state index is 11.5. The quantitative estimate of drug-likeness (QED) is 0.710. The molecule has 0 atom stereocenters. The summed E-state index contributed by atoms with van der Waals surface area (Å²) >= 11 is 5.76. The van der Waals surface area contributed by atoms with E-state index in [9.17, 15) is 9.59 Å². The van der Waals surface area contributed by atoms with Gasteiger partial charge in [-0.05, 0) is 24.1 Å². The van der Waals surface area contributed by atoms with E-state index in [0.717, 1.165) is 5.56 Å². The lowest BCUT2D eigenvalue weighted by Gasteiger charge is -2.05. The minimum atomic E-state index is -1.02. The molecule has 0 fully saturated rings. The van der Waals surface area contributed by atoms with E-state index in [1.165, 1.54) is 0 Å². The van der Waals surface area contributed by atoms with Gasteiger partial charge in [0.25, 0.3) is 0 Å². The fraction of sp³-hybridized carbons (Fsp3) is 0.385. The van der Waals surface area contributed by atoms with Gasteiger partial charge in [-0.1, -0.05) is 23.7 Å². The van der Waals surface area contributed by atoms with Crippen molar-refractivity contribution in [3.63, 3.8) is 0 Å². The zero-order valence-corrected chi connectivity index (χ0v) is 11.2. The number of hydrogen-bond acceptors (Lipinski definition) is 3. The molecule has 1 aromatic rings. The number of hydrogen-bond donors (Lipinski definition) is 2. The average molecular weight is 286 g/mol. The fourth-order valence-corrected chi connectivity index (χ4v) is 1.55. The molecular weight excluding hydrogens is 270 g/mol. The molecule has 0 aliphatic heterocycles. The molecule has 0 aliphatic rings. The van der Waals surface area contributed by atoms with Crippen LogP contribution in [0.1, 0.15) is 12.0 Å². The van der Waals surface area contributed by atoms with Crippen LogP contribution in [-0.2, 0) is 20.7 Å². The van der Waals surface area contributed by atoms with Gasteiger partial charge in [0.05, 0.1) is 6.61 Å². The summed E-state index contributed by atoms with van der Waals surface area (Å²) in [6, 6.07) is 7.33. The number of ether oxygens (including phenoxy) is 1. The third kappa shape index (κ3) is 7.43. The summed E-state index contributed by atoms with van der Waals surface area (Å²) in [7, 11) is 0. The highest BCUT2D eigenvalue weighted by Gasteiger charge is 2.02. The number of carbonyl (C=O) groups is 2. The van der Waals surface area contributed by atoms with Gasteiger partial charge in [-0.15, -0.1) is 0 Å². The highest BCUT2D eigenvalue weighted by Crippen LogP contribution is 2.10. The van der Waals surface area contributed by atoms with Crippen LogP contribution in [-0.4, -0.2) is 36.7 Å². The Morgan fingerprint density at radius 2 is 1.95 bits per heavy atom. The van der Waals surface area contributed by atoms with Gasteiger partial charge in [-0.25, -0.2) is 4.79 Å². The van der Waals surface area contributed by atoms with Gasteiger partial charge < -0.3 is 15.2 Å². The Bertz CT molecular complexity index is 419. The van der Waals surface area contributed by atoms with Gasteiger partial charge in [-0.3, -0.25) is 4.79 Å². The molecule has 0 bridgehead atoms. The minimum absolute atomic E-state index is 0.0890. The van der Waals surface area contributed by atoms with Crippen molar-refractivity contribution in [2.45, 2.75) is 12.8 Å². The number of aryl methyl sites for hydroxylation is 1. The Balaban J connectivity index is 2.11. The van der Waals surface area contributed by atoms with Crippen LogP contribution in [0.25, 0.3) is 0 Å². The molecule has 0 aromatic heterocycles. The maximum Gasteiger partial charge on any atom is 0.329 e. The average Bonchev–Trinajstić information content (AvgIpc) is 2.37. The Morgan fingerprint density at radius 3 is 2.58 bits per heavy atom. The van der Waals surface area contributed by atoms with Crippen molar-refractivity contribution in [1.82, 2.24) is 5.32 Å². The maximum absolute atomic E-state index is 11.5. The predicted molar refractivity (Wildman–Crippen MR) is 71.2 cm³/mol. The summed E-state index contributed by atoms with van der Waals surface area (Å²) in [5.74, 6) is -1.11. The van der Waals surface area contributed by atoms with E-state index >= 15 is 0 Å². The van der Waals surface area contributed by atoms with Crippen molar-refractivity contribution in [2.24, 2.45) is 0 Å². The standard InChI is InChI=1S/C13H16ClNO4/c14-11-4-1-10(2-5-11)3-6-12(16)15-7-8-19-9-13(17)18/h1-2,4-5H,3,6-9H2,(H,15,16)(H,17,18). The van der Waals surface area contributed by atoms with Gasteiger partial charge in [0.1, 0.15) is 6.61 Å². The molecule has 104 valence electrons. The first-order valence-corrected chi connectivity index (χ1v) is 6.26. The Hall–Kier alpha value is -1.59. The van der Waals surface area contributed by atoms with E-state index < -0.39 is 5.97 Å². The van der Waals surface area contributed by atoms with Crippen LogP contribution in [0.2, 0.25) is 5.02 Å². The summed E-state index contributed by atoms with van der Waals surface area (Å²) in [4.78, 5) is 21.6. The number of halogens is 1. The van der Waals surface area contributed by atoms with Crippen LogP contribution in [0, 0.1) is 0 Å². The Morgan fingerprint density at radius 1 is 1.26 bits per heavy atom. The number of carbonyl (C=O) groups excluding carboxylic acids is 1. The van der Waals surface area contributed by atoms with Gasteiger partial charge in [0.2, 0.25) is 5.91 Å². The number of carboxylic acid groups (broad SMARTS) is 1. The summed E-state index contributed by atoms with van der Waals surface area (Å²) in [6.45, 7) is 0.159. The second-order valence-corrected chi connectivity index (χ2v) is 4.36. The summed E-state index contributed by atoms with van der Waals surface area (Å²) in [6.07, 6.45) is 1.01. The van der Waals surface area contributed by atoms with E-state index in [0.29, 0.717) is 24.4 Å². The molecule has 6 heteroatoms. The van der Waals surface area contributed by atoms with E-state index in [-0.39, 0.29) is 19.1 Å². The Kier molecular flexibility index (Phi) is 6.92. The van der Waals surface area contributed by atoms with Crippen molar-refractivity contribution >= 4 is 23.5 Å². The normalized spacial score (nSPS) is 10.2. The highest BCUT2D eigenvalue weighted by molar-refractivity contribution is 6.30. The molecule has 0 aliphatic carbocycles. The van der Waals surface area contributed by atoms with Crippen LogP contribution >= 0.6 is 11.6 Å². The predicted octanol–water partition coefficient (Wildman–Crippen LogP) is 1.49. The smallest absolute Gasteiger partial charge is 0.329 e. The largest absolute Gasteiger partial charge is 0.480 e. The first-order valence-electron chi connectivity index (χ1n) is 5.88. The number of nitrogens with one attached hydrogen (secondary N) is 1. The van der Waals surface area contributed by atoms with Crippen molar-refractivity contribution in [3.05, 3.63) is 34.9 Å². The number of amides is 1. The molecule has 0 saturated heterocycles. The molecule has 1 amide bonds. The molecule has 1 rings (SSSR count). The molecule has 0 radical (unpaired) electrons.